The number of hydrogen-bond donors (Lipinski definition) is 1. The molecule has 0 saturated heterocycles. The predicted octanol–water partition coefficient (Wildman–Crippen LogP) is 2.87. The SMILES string of the molecule is Cc1cnc(C(Nc2nccc(N(C)C)n2)C2CC2)s1. The Bertz CT molecular complexity index is 591. The summed E-state index contributed by atoms with van der Waals surface area (Å²) in [5.74, 6) is 2.25. The molecule has 0 aromatic carbocycles. The monoisotopic (exact) mass is 289 g/mol. The lowest BCUT2D eigenvalue weighted by Gasteiger charge is -2.17. The molecule has 2 aromatic heterocycles. The molecule has 6 heteroatoms. The smallest absolute Gasteiger partial charge is 0.225 e. The van der Waals surface area contributed by atoms with Gasteiger partial charge in [-0.1, -0.05) is 0 Å². The van der Waals surface area contributed by atoms with Crippen LogP contribution in [0.2, 0.25) is 0 Å². The van der Waals surface area contributed by atoms with Crippen LogP contribution in [0, 0.1) is 12.8 Å². The number of thiazole rings is 1. The first-order chi connectivity index (χ1) is 9.63. The summed E-state index contributed by atoms with van der Waals surface area (Å²) >= 11 is 1.75. The fourth-order valence-electron chi connectivity index (χ4n) is 2.13. The molecule has 5 nitrogen and oxygen atoms in total. The Morgan fingerprint density at radius 3 is 2.75 bits per heavy atom. The number of rotatable bonds is 5. The molecule has 106 valence electrons. The van der Waals surface area contributed by atoms with Crippen molar-refractivity contribution in [3.63, 3.8) is 0 Å². The molecule has 0 bridgehead atoms. The largest absolute Gasteiger partial charge is 0.363 e. The lowest BCUT2D eigenvalue weighted by molar-refractivity contribution is 0.666. The Balaban J connectivity index is 1.81. The van der Waals surface area contributed by atoms with Crippen LogP contribution in [0.3, 0.4) is 0 Å². The molecule has 20 heavy (non-hydrogen) atoms. The zero-order chi connectivity index (χ0) is 14.1. The van der Waals surface area contributed by atoms with E-state index in [4.69, 9.17) is 0 Å². The van der Waals surface area contributed by atoms with Crippen LogP contribution >= 0.6 is 11.3 Å². The summed E-state index contributed by atoms with van der Waals surface area (Å²) in [6, 6.07) is 2.15. The first-order valence-electron chi connectivity index (χ1n) is 6.82. The molecule has 0 radical (unpaired) electrons. The highest BCUT2D eigenvalue weighted by Gasteiger charge is 2.34. The lowest BCUT2D eigenvalue weighted by atomic mass is 10.2. The highest BCUT2D eigenvalue weighted by molar-refractivity contribution is 7.11. The van der Waals surface area contributed by atoms with Crippen LogP contribution in [-0.2, 0) is 0 Å². The van der Waals surface area contributed by atoms with Crippen molar-refractivity contribution in [2.75, 3.05) is 24.3 Å². The normalized spacial score (nSPS) is 15.9. The second kappa shape index (κ2) is 5.36. The number of anilines is 2. The third kappa shape index (κ3) is 2.90. The zero-order valence-electron chi connectivity index (χ0n) is 12.0. The van der Waals surface area contributed by atoms with Gasteiger partial charge in [0.15, 0.2) is 0 Å². The van der Waals surface area contributed by atoms with Crippen LogP contribution in [0.25, 0.3) is 0 Å². The molecule has 0 aliphatic heterocycles. The number of nitrogens with zero attached hydrogens (tertiary/aromatic N) is 4. The second-order valence-electron chi connectivity index (χ2n) is 5.40. The van der Waals surface area contributed by atoms with Crippen molar-refractivity contribution in [2.24, 2.45) is 5.92 Å². The van der Waals surface area contributed by atoms with Crippen molar-refractivity contribution in [2.45, 2.75) is 25.8 Å². The maximum Gasteiger partial charge on any atom is 0.225 e. The molecule has 2 heterocycles. The van der Waals surface area contributed by atoms with E-state index in [2.05, 4.69) is 27.2 Å². The minimum absolute atomic E-state index is 0.242. The van der Waals surface area contributed by atoms with Gasteiger partial charge in [0.1, 0.15) is 10.8 Å². The first-order valence-corrected chi connectivity index (χ1v) is 7.64. The summed E-state index contributed by atoms with van der Waals surface area (Å²) in [7, 11) is 3.96. The van der Waals surface area contributed by atoms with Crippen LogP contribution in [0.5, 0.6) is 0 Å². The topological polar surface area (TPSA) is 53.9 Å². The van der Waals surface area contributed by atoms with Gasteiger partial charge in [-0.15, -0.1) is 11.3 Å². The van der Waals surface area contributed by atoms with Crippen molar-refractivity contribution in [1.82, 2.24) is 15.0 Å². The van der Waals surface area contributed by atoms with Crippen molar-refractivity contribution in [3.05, 3.63) is 28.3 Å². The van der Waals surface area contributed by atoms with Crippen LogP contribution in [0.1, 0.15) is 28.8 Å². The Morgan fingerprint density at radius 1 is 1.35 bits per heavy atom. The standard InChI is InChI=1S/C14H19N5S/c1-9-8-16-13(20-9)12(10-4-5-10)18-14-15-7-6-11(17-14)19(2)3/h6-8,10,12H,4-5H2,1-3H3,(H,15,17,18). The molecule has 1 aliphatic carbocycles. The van der Waals surface area contributed by atoms with Gasteiger partial charge in [-0.05, 0) is 31.7 Å². The Morgan fingerprint density at radius 2 is 2.15 bits per heavy atom. The van der Waals surface area contributed by atoms with E-state index in [1.807, 2.05) is 31.3 Å². The van der Waals surface area contributed by atoms with E-state index in [1.54, 1.807) is 17.5 Å². The van der Waals surface area contributed by atoms with Gasteiger partial charge in [-0.2, -0.15) is 4.98 Å². The lowest BCUT2D eigenvalue weighted by Crippen LogP contribution is -2.17. The van der Waals surface area contributed by atoms with Gasteiger partial charge < -0.3 is 10.2 Å². The van der Waals surface area contributed by atoms with Gasteiger partial charge in [0.05, 0.1) is 6.04 Å². The molecule has 3 rings (SSSR count). The number of nitrogens with one attached hydrogen (secondary N) is 1. The number of hydrogen-bond acceptors (Lipinski definition) is 6. The molecular weight excluding hydrogens is 270 g/mol. The average Bonchev–Trinajstić information content (AvgIpc) is 3.18. The molecule has 2 aromatic rings. The number of aromatic nitrogens is 3. The van der Waals surface area contributed by atoms with Crippen molar-refractivity contribution < 1.29 is 0 Å². The third-order valence-electron chi connectivity index (χ3n) is 3.38. The minimum Gasteiger partial charge on any atom is -0.363 e. The molecule has 1 unspecified atom stereocenters. The van der Waals surface area contributed by atoms with Crippen molar-refractivity contribution in [3.8, 4) is 0 Å². The van der Waals surface area contributed by atoms with E-state index in [0.29, 0.717) is 11.9 Å². The van der Waals surface area contributed by atoms with Gasteiger partial charge >= 0.3 is 0 Å². The molecule has 1 saturated carbocycles. The highest BCUT2D eigenvalue weighted by Crippen LogP contribution is 2.43. The van der Waals surface area contributed by atoms with Gasteiger partial charge in [-0.3, -0.25) is 0 Å². The summed E-state index contributed by atoms with van der Waals surface area (Å²) in [6.07, 6.45) is 6.24. The van der Waals surface area contributed by atoms with Crippen LogP contribution in [0.4, 0.5) is 11.8 Å². The summed E-state index contributed by atoms with van der Waals surface area (Å²) in [5, 5.41) is 4.61. The molecule has 1 atom stereocenters. The van der Waals surface area contributed by atoms with E-state index in [-0.39, 0.29) is 6.04 Å². The second-order valence-corrected chi connectivity index (χ2v) is 6.67. The highest BCUT2D eigenvalue weighted by atomic mass is 32.1. The minimum atomic E-state index is 0.242. The predicted molar refractivity (Wildman–Crippen MR) is 82.3 cm³/mol. The van der Waals surface area contributed by atoms with E-state index in [1.165, 1.54) is 17.7 Å². The van der Waals surface area contributed by atoms with E-state index >= 15 is 0 Å². The van der Waals surface area contributed by atoms with Crippen LogP contribution in [-0.4, -0.2) is 29.0 Å². The van der Waals surface area contributed by atoms with Crippen LogP contribution < -0.4 is 10.2 Å². The Labute approximate surface area is 123 Å². The zero-order valence-corrected chi connectivity index (χ0v) is 12.8. The molecular formula is C14H19N5S. The fourth-order valence-corrected chi connectivity index (χ4v) is 3.05. The molecule has 1 fully saturated rings. The Kier molecular flexibility index (Phi) is 3.56. The van der Waals surface area contributed by atoms with Gasteiger partial charge in [0.2, 0.25) is 5.95 Å². The maximum atomic E-state index is 4.54. The van der Waals surface area contributed by atoms with Gasteiger partial charge in [-0.25, -0.2) is 9.97 Å². The quantitative estimate of drug-likeness (QED) is 0.917. The van der Waals surface area contributed by atoms with Crippen molar-refractivity contribution in [1.29, 1.82) is 0 Å². The molecule has 0 spiro atoms. The van der Waals surface area contributed by atoms with E-state index < -0.39 is 0 Å². The van der Waals surface area contributed by atoms with Gasteiger partial charge in [0.25, 0.3) is 0 Å². The first kappa shape index (κ1) is 13.3. The van der Waals surface area contributed by atoms with E-state index in [0.717, 1.165) is 10.8 Å². The van der Waals surface area contributed by atoms with E-state index in [9.17, 15) is 0 Å². The average molecular weight is 289 g/mol. The van der Waals surface area contributed by atoms with Crippen molar-refractivity contribution >= 4 is 23.1 Å². The fraction of sp³-hybridized carbons (Fsp3) is 0.500. The number of aryl methyl sites for hydroxylation is 1. The molecule has 1 aliphatic rings. The summed E-state index contributed by atoms with van der Waals surface area (Å²) in [4.78, 5) is 16.6. The third-order valence-corrected chi connectivity index (χ3v) is 4.38. The maximum absolute atomic E-state index is 4.54. The summed E-state index contributed by atoms with van der Waals surface area (Å²) in [6.45, 7) is 2.09. The Hall–Kier alpha value is -1.69. The summed E-state index contributed by atoms with van der Waals surface area (Å²) < 4.78 is 0. The van der Waals surface area contributed by atoms with Crippen LogP contribution in [0.15, 0.2) is 18.5 Å². The molecule has 1 N–H and O–H groups in total. The van der Waals surface area contributed by atoms with Gasteiger partial charge in [0, 0.05) is 31.4 Å². The summed E-state index contributed by atoms with van der Waals surface area (Å²) in [5.41, 5.74) is 0. The molecule has 0 amide bonds.